The Morgan fingerprint density at radius 3 is 2.11 bits per heavy atom. The van der Waals surface area contributed by atoms with Gasteiger partial charge in [-0.1, -0.05) is 80.6 Å². The smallest absolute Gasteiger partial charge is 0.140 e. The second-order valence-electron chi connectivity index (χ2n) is 7.85. The van der Waals surface area contributed by atoms with E-state index in [9.17, 15) is 0 Å². The van der Waals surface area contributed by atoms with Gasteiger partial charge in [0.2, 0.25) is 0 Å². The van der Waals surface area contributed by atoms with Crippen molar-refractivity contribution < 1.29 is 4.74 Å². The first-order valence-corrected chi connectivity index (χ1v) is 9.67. The monoisotopic (exact) mass is 393 g/mol. The molecule has 3 heteroatoms. The molecule has 0 aliphatic heterocycles. The molecule has 2 unspecified atom stereocenters. The fourth-order valence-electron chi connectivity index (χ4n) is 4.08. The van der Waals surface area contributed by atoms with E-state index >= 15 is 0 Å². The normalized spacial score (nSPS) is 18.2. The van der Waals surface area contributed by atoms with E-state index in [0.29, 0.717) is 6.04 Å². The summed E-state index contributed by atoms with van der Waals surface area (Å²) in [7, 11) is 2.01. The Bertz CT molecular complexity index is 905. The fourth-order valence-corrected chi connectivity index (χ4v) is 4.08. The van der Waals surface area contributed by atoms with Crippen molar-refractivity contribution in [2.45, 2.75) is 37.8 Å². The summed E-state index contributed by atoms with van der Waals surface area (Å²) in [6, 6.07) is 28.1. The van der Waals surface area contributed by atoms with Crippen LogP contribution >= 0.6 is 12.4 Å². The van der Waals surface area contributed by atoms with Crippen LogP contribution in [0.25, 0.3) is 0 Å². The number of rotatable bonds is 5. The number of halogens is 1. The predicted octanol–water partition coefficient (Wildman–Crippen LogP) is 5.70. The molecule has 2 atom stereocenters. The summed E-state index contributed by atoms with van der Waals surface area (Å²) >= 11 is 0. The third kappa shape index (κ3) is 3.80. The van der Waals surface area contributed by atoms with Crippen LogP contribution < -0.4 is 10.1 Å². The summed E-state index contributed by atoms with van der Waals surface area (Å²) in [5.41, 5.74) is 5.25. The average molecular weight is 394 g/mol. The maximum atomic E-state index is 6.42. The molecule has 0 saturated carbocycles. The molecule has 0 bridgehead atoms. The van der Waals surface area contributed by atoms with Gasteiger partial charge >= 0.3 is 0 Å². The molecule has 4 rings (SSSR count). The molecule has 28 heavy (non-hydrogen) atoms. The van der Waals surface area contributed by atoms with Gasteiger partial charge < -0.3 is 10.1 Å². The molecule has 3 aromatic rings. The minimum absolute atomic E-state index is 0. The number of hydrogen-bond donors (Lipinski definition) is 1. The highest BCUT2D eigenvalue weighted by Crippen LogP contribution is 2.36. The summed E-state index contributed by atoms with van der Waals surface area (Å²) in [6.45, 7) is 4.53. The minimum Gasteiger partial charge on any atom is -0.484 e. The van der Waals surface area contributed by atoms with Gasteiger partial charge in [-0.15, -0.1) is 12.4 Å². The molecule has 146 valence electrons. The first-order chi connectivity index (χ1) is 13.1. The van der Waals surface area contributed by atoms with Gasteiger partial charge in [0.25, 0.3) is 0 Å². The lowest BCUT2D eigenvalue weighted by molar-refractivity contribution is 0.172. The van der Waals surface area contributed by atoms with Crippen LogP contribution in [0.4, 0.5) is 0 Å². The Kier molecular flexibility index (Phi) is 6.12. The van der Waals surface area contributed by atoms with E-state index in [2.05, 4.69) is 98.0 Å². The zero-order valence-corrected chi connectivity index (χ0v) is 17.5. The standard InChI is InChI=1S/C25H27NO.ClH/c1-25(2,19-10-5-4-6-11-19)20-13-15-21(16-14-20)27-24-22-12-8-7-9-18(22)17-23(24)26-3;/h4-16,23-24,26H,17H2,1-3H3;1H. The molecule has 2 nitrogen and oxygen atoms in total. The number of benzene rings is 3. The minimum atomic E-state index is -0.0345. The molecule has 0 aromatic heterocycles. The van der Waals surface area contributed by atoms with Gasteiger partial charge in [0.1, 0.15) is 11.9 Å². The van der Waals surface area contributed by atoms with Gasteiger partial charge in [0.15, 0.2) is 0 Å². The lowest BCUT2D eigenvalue weighted by atomic mass is 9.78. The van der Waals surface area contributed by atoms with Crippen LogP contribution in [0.2, 0.25) is 0 Å². The average Bonchev–Trinajstić information content (AvgIpc) is 3.07. The number of ether oxygens (including phenoxy) is 1. The molecule has 0 spiro atoms. The van der Waals surface area contributed by atoms with Crippen molar-refractivity contribution in [1.82, 2.24) is 5.32 Å². The number of likely N-dealkylation sites (N-methyl/N-ethyl adjacent to an activating group) is 1. The second kappa shape index (κ2) is 8.38. The van der Waals surface area contributed by atoms with Crippen LogP contribution in [0.3, 0.4) is 0 Å². The topological polar surface area (TPSA) is 21.3 Å². The zero-order chi connectivity index (χ0) is 18.9. The zero-order valence-electron chi connectivity index (χ0n) is 16.7. The molecule has 3 aromatic carbocycles. The van der Waals surface area contributed by atoms with E-state index in [1.807, 2.05) is 7.05 Å². The number of hydrogen-bond acceptors (Lipinski definition) is 2. The van der Waals surface area contributed by atoms with Gasteiger partial charge in [-0.05, 0) is 47.9 Å². The third-order valence-corrected chi connectivity index (χ3v) is 5.87. The summed E-state index contributed by atoms with van der Waals surface area (Å²) in [4.78, 5) is 0. The summed E-state index contributed by atoms with van der Waals surface area (Å²) in [5.74, 6) is 0.921. The van der Waals surface area contributed by atoms with Gasteiger partial charge in [-0.3, -0.25) is 0 Å². The van der Waals surface area contributed by atoms with Crippen LogP contribution in [0.15, 0.2) is 78.9 Å². The van der Waals surface area contributed by atoms with Crippen molar-refractivity contribution in [3.63, 3.8) is 0 Å². The van der Waals surface area contributed by atoms with Crippen LogP contribution in [-0.2, 0) is 11.8 Å². The van der Waals surface area contributed by atoms with E-state index in [4.69, 9.17) is 4.74 Å². The van der Waals surface area contributed by atoms with Crippen molar-refractivity contribution in [1.29, 1.82) is 0 Å². The second-order valence-corrected chi connectivity index (χ2v) is 7.85. The number of fused-ring (bicyclic) bond motifs is 1. The molecule has 0 fully saturated rings. The number of nitrogens with one attached hydrogen (secondary N) is 1. The highest BCUT2D eigenvalue weighted by atomic mass is 35.5. The first kappa shape index (κ1) is 20.4. The largest absolute Gasteiger partial charge is 0.484 e. The summed E-state index contributed by atoms with van der Waals surface area (Å²) < 4.78 is 6.42. The molecular formula is C25H28ClNO. The van der Waals surface area contributed by atoms with E-state index in [1.54, 1.807) is 0 Å². The first-order valence-electron chi connectivity index (χ1n) is 9.67. The maximum absolute atomic E-state index is 6.42. The molecule has 0 radical (unpaired) electrons. The highest BCUT2D eigenvalue weighted by Gasteiger charge is 2.33. The lowest BCUT2D eigenvalue weighted by Crippen LogP contribution is -2.32. The quantitative estimate of drug-likeness (QED) is 0.600. The van der Waals surface area contributed by atoms with Crippen molar-refractivity contribution in [2.24, 2.45) is 0 Å². The van der Waals surface area contributed by atoms with E-state index in [0.717, 1.165) is 12.2 Å². The van der Waals surface area contributed by atoms with Crippen molar-refractivity contribution >= 4 is 12.4 Å². The molecular weight excluding hydrogens is 366 g/mol. The van der Waals surface area contributed by atoms with Gasteiger partial charge in [-0.2, -0.15) is 0 Å². The molecule has 1 aliphatic rings. The van der Waals surface area contributed by atoms with Crippen molar-refractivity contribution in [2.75, 3.05) is 7.05 Å². The molecule has 0 saturated heterocycles. The molecule has 1 N–H and O–H groups in total. The molecule has 0 heterocycles. The van der Waals surface area contributed by atoms with E-state index in [1.165, 1.54) is 22.3 Å². The predicted molar refractivity (Wildman–Crippen MR) is 119 cm³/mol. The summed E-state index contributed by atoms with van der Waals surface area (Å²) in [5, 5.41) is 3.41. The third-order valence-electron chi connectivity index (χ3n) is 5.87. The van der Waals surface area contributed by atoms with Gasteiger partial charge in [-0.25, -0.2) is 0 Å². The van der Waals surface area contributed by atoms with Gasteiger partial charge in [0, 0.05) is 5.41 Å². The van der Waals surface area contributed by atoms with Gasteiger partial charge in [0.05, 0.1) is 6.04 Å². The maximum Gasteiger partial charge on any atom is 0.140 e. The van der Waals surface area contributed by atoms with Crippen LogP contribution in [0.5, 0.6) is 5.75 Å². The van der Waals surface area contributed by atoms with Crippen molar-refractivity contribution in [3.8, 4) is 5.75 Å². The van der Waals surface area contributed by atoms with Crippen LogP contribution in [0.1, 0.15) is 42.2 Å². The Hall–Kier alpha value is -2.29. The molecule has 1 aliphatic carbocycles. The Morgan fingerprint density at radius 1 is 0.821 bits per heavy atom. The lowest BCUT2D eigenvalue weighted by Gasteiger charge is -2.27. The Morgan fingerprint density at radius 2 is 1.43 bits per heavy atom. The summed E-state index contributed by atoms with van der Waals surface area (Å²) in [6.07, 6.45) is 1.07. The van der Waals surface area contributed by atoms with Crippen molar-refractivity contribution in [3.05, 3.63) is 101 Å². The highest BCUT2D eigenvalue weighted by molar-refractivity contribution is 5.85. The van der Waals surface area contributed by atoms with E-state index in [-0.39, 0.29) is 23.9 Å². The Balaban J connectivity index is 0.00000225. The molecule has 0 amide bonds. The van der Waals surface area contributed by atoms with Crippen LogP contribution in [0, 0.1) is 0 Å². The van der Waals surface area contributed by atoms with Crippen LogP contribution in [-0.4, -0.2) is 13.1 Å². The van der Waals surface area contributed by atoms with E-state index < -0.39 is 0 Å². The SMILES string of the molecule is CNC1Cc2ccccc2C1Oc1ccc(C(C)(C)c2ccccc2)cc1.Cl. The fraction of sp³-hybridized carbons (Fsp3) is 0.280. The Labute approximate surface area is 174 Å².